The monoisotopic (exact) mass is 248 g/mol. The van der Waals surface area contributed by atoms with Crippen LogP contribution >= 0.6 is 0 Å². The molecule has 0 aliphatic carbocycles. The molecule has 0 atom stereocenters. The number of nitriles is 1. The number of rotatable bonds is 5. The molecule has 5 heteroatoms. The van der Waals surface area contributed by atoms with Gasteiger partial charge >= 0.3 is 0 Å². The van der Waals surface area contributed by atoms with Crippen LogP contribution in [0.3, 0.4) is 0 Å². The summed E-state index contributed by atoms with van der Waals surface area (Å²) >= 11 is 0. The van der Waals surface area contributed by atoms with Gasteiger partial charge in [0.15, 0.2) is 0 Å². The maximum atomic E-state index is 11.7. The molecule has 1 aromatic carbocycles. The predicted molar refractivity (Wildman–Crippen MR) is 64.4 cm³/mol. The molecular weight excluding hydrogens is 236 g/mol. The van der Waals surface area contributed by atoms with E-state index in [9.17, 15) is 8.42 Å². The molecule has 4 nitrogen and oxygen atoms in total. The maximum absolute atomic E-state index is 11.7. The van der Waals surface area contributed by atoms with Gasteiger partial charge in [-0.1, -0.05) is 0 Å². The van der Waals surface area contributed by atoms with E-state index in [1.807, 2.05) is 6.07 Å². The molecule has 0 aliphatic rings. The van der Waals surface area contributed by atoms with Crippen LogP contribution in [0.2, 0.25) is 0 Å². The summed E-state index contributed by atoms with van der Waals surface area (Å²) in [7, 11) is -3.49. The average Bonchev–Trinajstić information content (AvgIpc) is 2.35. The molecular formula is C12H12N2O2S. The Balaban J connectivity index is 2.70. The lowest BCUT2D eigenvalue weighted by atomic mass is 10.2. The summed E-state index contributed by atoms with van der Waals surface area (Å²) in [5.41, 5.74) is 0.427. The number of benzene rings is 1. The van der Waals surface area contributed by atoms with E-state index in [1.54, 1.807) is 0 Å². The second-order valence-corrected chi connectivity index (χ2v) is 5.11. The van der Waals surface area contributed by atoms with Gasteiger partial charge in [0.1, 0.15) is 0 Å². The highest BCUT2D eigenvalue weighted by atomic mass is 32.2. The summed E-state index contributed by atoms with van der Waals surface area (Å²) in [4.78, 5) is 0.150. The topological polar surface area (TPSA) is 70.0 Å². The Bertz CT molecular complexity index is 548. The van der Waals surface area contributed by atoms with Crippen LogP contribution in [-0.4, -0.2) is 15.0 Å². The zero-order valence-electron chi connectivity index (χ0n) is 9.18. The molecule has 0 aliphatic heterocycles. The van der Waals surface area contributed by atoms with Crippen molar-refractivity contribution in [2.75, 3.05) is 6.54 Å². The average molecular weight is 248 g/mol. The van der Waals surface area contributed by atoms with Gasteiger partial charge in [-0.25, -0.2) is 13.1 Å². The molecule has 0 bridgehead atoms. The summed E-state index contributed by atoms with van der Waals surface area (Å²) < 4.78 is 25.9. The Kier molecular flexibility index (Phi) is 4.71. The van der Waals surface area contributed by atoms with Gasteiger partial charge < -0.3 is 0 Å². The predicted octanol–water partition coefficient (Wildman–Crippen LogP) is 1.25. The third kappa shape index (κ3) is 3.92. The Hall–Kier alpha value is -1.82. The van der Waals surface area contributed by atoms with Gasteiger partial charge in [-0.15, -0.1) is 12.3 Å². The lowest BCUT2D eigenvalue weighted by Crippen LogP contribution is -2.24. The van der Waals surface area contributed by atoms with Gasteiger partial charge in [0.25, 0.3) is 0 Å². The number of hydrogen-bond donors (Lipinski definition) is 1. The van der Waals surface area contributed by atoms with Crippen LogP contribution in [0.4, 0.5) is 0 Å². The van der Waals surface area contributed by atoms with E-state index in [0.717, 1.165) is 0 Å². The number of hydrogen-bond acceptors (Lipinski definition) is 3. The Morgan fingerprint density at radius 1 is 1.29 bits per heavy atom. The van der Waals surface area contributed by atoms with Crippen molar-refractivity contribution in [3.05, 3.63) is 29.8 Å². The summed E-state index contributed by atoms with van der Waals surface area (Å²) in [5.74, 6) is 2.44. The first-order chi connectivity index (χ1) is 8.10. The summed E-state index contributed by atoms with van der Waals surface area (Å²) in [6.45, 7) is 0.312. The maximum Gasteiger partial charge on any atom is 0.240 e. The molecule has 0 heterocycles. The van der Waals surface area contributed by atoms with E-state index >= 15 is 0 Å². The first-order valence-electron chi connectivity index (χ1n) is 5.03. The molecule has 0 saturated carbocycles. The molecule has 0 fully saturated rings. The van der Waals surface area contributed by atoms with Crippen molar-refractivity contribution in [2.24, 2.45) is 0 Å². The fourth-order valence-electron chi connectivity index (χ4n) is 1.19. The molecule has 0 aromatic heterocycles. The van der Waals surface area contributed by atoms with Gasteiger partial charge in [0, 0.05) is 13.0 Å². The van der Waals surface area contributed by atoms with Gasteiger partial charge in [-0.05, 0) is 30.7 Å². The van der Waals surface area contributed by atoms with Crippen LogP contribution in [0, 0.1) is 23.7 Å². The molecule has 88 valence electrons. The SMILES string of the molecule is C#CCCCNS(=O)(=O)c1ccc(C#N)cc1. The van der Waals surface area contributed by atoms with Crippen LogP contribution in [0.1, 0.15) is 18.4 Å². The second kappa shape index (κ2) is 6.05. The minimum absolute atomic E-state index is 0.150. The van der Waals surface area contributed by atoms with E-state index < -0.39 is 10.0 Å². The third-order valence-corrected chi connectivity index (χ3v) is 3.56. The number of sulfonamides is 1. The first-order valence-corrected chi connectivity index (χ1v) is 6.52. The van der Waals surface area contributed by atoms with E-state index in [2.05, 4.69) is 10.6 Å². The number of nitrogens with zero attached hydrogens (tertiary/aromatic N) is 1. The van der Waals surface area contributed by atoms with Crippen molar-refractivity contribution in [1.29, 1.82) is 5.26 Å². The number of nitrogens with one attached hydrogen (secondary N) is 1. The van der Waals surface area contributed by atoms with Crippen LogP contribution in [-0.2, 0) is 10.0 Å². The van der Waals surface area contributed by atoms with Crippen LogP contribution < -0.4 is 4.72 Å². The van der Waals surface area contributed by atoms with Crippen molar-refractivity contribution in [1.82, 2.24) is 4.72 Å². The molecule has 0 saturated heterocycles. The van der Waals surface area contributed by atoms with Crippen LogP contribution in [0.25, 0.3) is 0 Å². The fraction of sp³-hybridized carbons (Fsp3) is 0.250. The van der Waals surface area contributed by atoms with Crippen LogP contribution in [0.5, 0.6) is 0 Å². The Morgan fingerprint density at radius 3 is 2.47 bits per heavy atom. The quantitative estimate of drug-likeness (QED) is 0.629. The standard InChI is InChI=1S/C12H12N2O2S/c1-2-3-4-9-14-17(15,16)12-7-5-11(10-13)6-8-12/h1,5-8,14H,3-4,9H2. The lowest BCUT2D eigenvalue weighted by Gasteiger charge is -2.05. The highest BCUT2D eigenvalue weighted by Crippen LogP contribution is 2.09. The van der Waals surface area contributed by atoms with Crippen LogP contribution in [0.15, 0.2) is 29.2 Å². The highest BCUT2D eigenvalue weighted by molar-refractivity contribution is 7.89. The zero-order chi connectivity index (χ0) is 12.7. The molecule has 0 radical (unpaired) electrons. The van der Waals surface area contributed by atoms with E-state index in [0.29, 0.717) is 24.9 Å². The van der Waals surface area contributed by atoms with E-state index in [-0.39, 0.29) is 4.90 Å². The van der Waals surface area contributed by atoms with Crippen molar-refractivity contribution in [2.45, 2.75) is 17.7 Å². The Labute approximate surface area is 101 Å². The number of unbranched alkanes of at least 4 members (excludes halogenated alkanes) is 1. The summed E-state index contributed by atoms with van der Waals surface area (Å²) in [5, 5.41) is 8.60. The van der Waals surface area contributed by atoms with Gasteiger partial charge in [0.2, 0.25) is 10.0 Å². The van der Waals surface area contributed by atoms with Gasteiger partial charge in [-0.3, -0.25) is 0 Å². The number of terminal acetylenes is 1. The van der Waals surface area contributed by atoms with Crippen molar-refractivity contribution >= 4 is 10.0 Å². The lowest BCUT2D eigenvalue weighted by molar-refractivity contribution is 0.579. The molecule has 17 heavy (non-hydrogen) atoms. The van der Waals surface area contributed by atoms with Crippen molar-refractivity contribution in [3.63, 3.8) is 0 Å². The molecule has 1 N–H and O–H groups in total. The fourth-order valence-corrected chi connectivity index (χ4v) is 2.26. The third-order valence-electron chi connectivity index (χ3n) is 2.08. The second-order valence-electron chi connectivity index (χ2n) is 3.34. The minimum atomic E-state index is -3.49. The molecule has 0 amide bonds. The van der Waals surface area contributed by atoms with Gasteiger partial charge in [-0.2, -0.15) is 5.26 Å². The summed E-state index contributed by atoms with van der Waals surface area (Å²) in [6.07, 6.45) is 6.20. The van der Waals surface area contributed by atoms with Crippen molar-refractivity contribution in [3.8, 4) is 18.4 Å². The molecule has 1 aromatic rings. The highest BCUT2D eigenvalue weighted by Gasteiger charge is 2.12. The first kappa shape index (κ1) is 13.2. The van der Waals surface area contributed by atoms with Crippen molar-refractivity contribution < 1.29 is 8.42 Å². The molecule has 1 rings (SSSR count). The Morgan fingerprint density at radius 2 is 1.94 bits per heavy atom. The largest absolute Gasteiger partial charge is 0.240 e. The van der Waals surface area contributed by atoms with Gasteiger partial charge in [0.05, 0.1) is 16.5 Å². The zero-order valence-corrected chi connectivity index (χ0v) is 10.00. The molecule has 0 spiro atoms. The molecule has 0 unspecified atom stereocenters. The smallest absolute Gasteiger partial charge is 0.211 e. The minimum Gasteiger partial charge on any atom is -0.211 e. The normalized spacial score (nSPS) is 10.5. The van der Waals surface area contributed by atoms with E-state index in [4.69, 9.17) is 11.7 Å². The summed E-state index contributed by atoms with van der Waals surface area (Å²) in [6, 6.07) is 7.67. The van der Waals surface area contributed by atoms with E-state index in [1.165, 1.54) is 24.3 Å².